The molecule has 0 fully saturated rings. The van der Waals surface area contributed by atoms with Crippen molar-refractivity contribution in [3.05, 3.63) is 52.2 Å². The van der Waals surface area contributed by atoms with Gasteiger partial charge in [0, 0.05) is 36.5 Å². The van der Waals surface area contributed by atoms with Gasteiger partial charge in [-0.3, -0.25) is 4.99 Å². The third kappa shape index (κ3) is 5.49. The Morgan fingerprint density at radius 1 is 1.21 bits per heavy atom. The topological polar surface area (TPSA) is 45.7 Å². The van der Waals surface area contributed by atoms with Crippen molar-refractivity contribution in [2.24, 2.45) is 4.99 Å². The van der Waals surface area contributed by atoms with Crippen LogP contribution in [0.25, 0.3) is 0 Å². The third-order valence-corrected chi connectivity index (χ3v) is 4.57. The van der Waals surface area contributed by atoms with Crippen molar-refractivity contribution >= 4 is 17.3 Å². The van der Waals surface area contributed by atoms with Crippen molar-refractivity contribution in [3.63, 3.8) is 0 Å². The van der Waals surface area contributed by atoms with E-state index >= 15 is 0 Å². The van der Waals surface area contributed by atoms with E-state index in [2.05, 4.69) is 38.7 Å². The van der Waals surface area contributed by atoms with Gasteiger partial charge >= 0.3 is 6.61 Å². The first-order valence-corrected chi connectivity index (χ1v) is 8.48. The molecule has 0 aliphatic heterocycles. The molecular formula is C17H21F2N3OS. The van der Waals surface area contributed by atoms with Gasteiger partial charge in [0.1, 0.15) is 5.75 Å². The molecule has 1 heterocycles. The van der Waals surface area contributed by atoms with Crippen LogP contribution in [0.5, 0.6) is 5.75 Å². The van der Waals surface area contributed by atoms with Gasteiger partial charge in [0.05, 0.1) is 0 Å². The average molecular weight is 353 g/mol. The summed E-state index contributed by atoms with van der Waals surface area (Å²) in [6, 6.07) is 10.8. The summed E-state index contributed by atoms with van der Waals surface area (Å²) in [5, 5.41) is 8.42. The van der Waals surface area contributed by atoms with Gasteiger partial charge in [-0.1, -0.05) is 31.2 Å². The minimum Gasteiger partial charge on any atom is -0.434 e. The van der Waals surface area contributed by atoms with Crippen LogP contribution in [0.3, 0.4) is 0 Å². The number of nitrogens with zero attached hydrogens (tertiary/aromatic N) is 1. The molecular weight excluding hydrogens is 332 g/mol. The molecule has 7 heteroatoms. The highest BCUT2D eigenvalue weighted by molar-refractivity contribution is 7.10. The smallest absolute Gasteiger partial charge is 0.387 e. The fourth-order valence-corrected chi connectivity index (χ4v) is 2.97. The number of hydrogen-bond acceptors (Lipinski definition) is 3. The van der Waals surface area contributed by atoms with Crippen molar-refractivity contribution in [1.82, 2.24) is 10.6 Å². The molecule has 1 aromatic carbocycles. The highest BCUT2D eigenvalue weighted by atomic mass is 32.1. The summed E-state index contributed by atoms with van der Waals surface area (Å²) >= 11 is 1.72. The van der Waals surface area contributed by atoms with E-state index in [4.69, 9.17) is 0 Å². The van der Waals surface area contributed by atoms with E-state index in [1.807, 2.05) is 6.07 Å². The normalized spacial score (nSPS) is 13.0. The molecule has 130 valence electrons. The molecule has 0 bridgehead atoms. The predicted octanol–water partition coefficient (Wildman–Crippen LogP) is 3.82. The summed E-state index contributed by atoms with van der Waals surface area (Å²) in [6.45, 7) is 0.374. The summed E-state index contributed by atoms with van der Waals surface area (Å²) < 4.78 is 29.4. The maximum absolute atomic E-state index is 12.4. The molecule has 0 aliphatic rings. The molecule has 1 aromatic heterocycles. The third-order valence-electron chi connectivity index (χ3n) is 3.46. The van der Waals surface area contributed by atoms with Crippen LogP contribution in [0.1, 0.15) is 23.3 Å². The standard InChI is InChI=1S/C17H21F2N3OS/c1-12(15-8-5-9-24-15)10-21-17(20-2)22-11-13-6-3-4-7-14(13)23-16(18)19/h3-9,12,16H,10-11H2,1-2H3,(H2,20,21,22). The summed E-state index contributed by atoms with van der Waals surface area (Å²) in [4.78, 5) is 5.46. The first-order valence-electron chi connectivity index (χ1n) is 7.60. The zero-order valence-electron chi connectivity index (χ0n) is 13.6. The molecule has 1 atom stereocenters. The zero-order chi connectivity index (χ0) is 17.4. The lowest BCUT2D eigenvalue weighted by Crippen LogP contribution is -2.38. The van der Waals surface area contributed by atoms with Crippen molar-refractivity contribution in [3.8, 4) is 5.75 Å². The Morgan fingerprint density at radius 3 is 2.67 bits per heavy atom. The monoisotopic (exact) mass is 353 g/mol. The Kier molecular flexibility index (Phi) is 6.99. The number of thiophene rings is 1. The van der Waals surface area contributed by atoms with Crippen LogP contribution < -0.4 is 15.4 Å². The second kappa shape index (κ2) is 9.22. The Hall–Kier alpha value is -2.15. The maximum Gasteiger partial charge on any atom is 0.387 e. The molecule has 24 heavy (non-hydrogen) atoms. The quantitative estimate of drug-likeness (QED) is 0.588. The molecule has 0 saturated carbocycles. The molecule has 0 spiro atoms. The van der Waals surface area contributed by atoms with Gasteiger partial charge in [-0.15, -0.1) is 11.3 Å². The number of alkyl halides is 2. The highest BCUT2D eigenvalue weighted by Crippen LogP contribution is 2.20. The number of nitrogens with one attached hydrogen (secondary N) is 2. The van der Waals surface area contributed by atoms with E-state index in [0.717, 1.165) is 6.54 Å². The van der Waals surface area contributed by atoms with Crippen molar-refractivity contribution in [1.29, 1.82) is 0 Å². The number of halogens is 2. The van der Waals surface area contributed by atoms with Crippen molar-refractivity contribution < 1.29 is 13.5 Å². The number of rotatable bonds is 7. The number of hydrogen-bond donors (Lipinski definition) is 2. The van der Waals surface area contributed by atoms with Gasteiger partial charge in [-0.2, -0.15) is 8.78 Å². The van der Waals surface area contributed by atoms with E-state index < -0.39 is 6.61 Å². The molecule has 0 radical (unpaired) electrons. The van der Waals surface area contributed by atoms with Gasteiger partial charge in [0.25, 0.3) is 0 Å². The number of aliphatic imine (C=N–C) groups is 1. The van der Waals surface area contributed by atoms with Crippen molar-refractivity contribution in [2.45, 2.75) is 26.0 Å². The lowest BCUT2D eigenvalue weighted by atomic mass is 10.1. The summed E-state index contributed by atoms with van der Waals surface area (Å²) in [7, 11) is 1.67. The molecule has 2 aromatic rings. The average Bonchev–Trinajstić information content (AvgIpc) is 3.10. The van der Waals surface area contributed by atoms with Crippen molar-refractivity contribution in [2.75, 3.05) is 13.6 Å². The van der Waals surface area contributed by atoms with Gasteiger partial charge in [-0.25, -0.2) is 0 Å². The number of guanidine groups is 1. The maximum atomic E-state index is 12.4. The summed E-state index contributed by atoms with van der Waals surface area (Å²) in [6.07, 6.45) is 0. The molecule has 0 saturated heterocycles. The SMILES string of the molecule is CN=C(NCc1ccccc1OC(F)F)NCC(C)c1cccs1. The second-order valence-electron chi connectivity index (χ2n) is 5.21. The Balaban J connectivity index is 1.88. The number of para-hydroxylation sites is 1. The fourth-order valence-electron chi connectivity index (χ4n) is 2.18. The van der Waals surface area contributed by atoms with E-state index in [1.165, 1.54) is 10.9 Å². The molecule has 0 aliphatic carbocycles. The van der Waals surface area contributed by atoms with Gasteiger partial charge in [0.15, 0.2) is 5.96 Å². The van der Waals surface area contributed by atoms with Gasteiger partial charge in [-0.05, 0) is 17.5 Å². The van der Waals surface area contributed by atoms with Crippen LogP contribution in [0.4, 0.5) is 8.78 Å². The first kappa shape index (κ1) is 18.2. The molecule has 4 nitrogen and oxygen atoms in total. The predicted molar refractivity (Wildman–Crippen MR) is 94.0 cm³/mol. The Bertz CT molecular complexity index is 647. The Morgan fingerprint density at radius 2 is 2.00 bits per heavy atom. The minimum atomic E-state index is -2.84. The van der Waals surface area contributed by atoms with Crippen LogP contribution in [0.2, 0.25) is 0 Å². The summed E-state index contributed by atoms with van der Waals surface area (Å²) in [5.74, 6) is 1.14. The van der Waals surface area contributed by atoms with Crippen LogP contribution in [0, 0.1) is 0 Å². The lowest BCUT2D eigenvalue weighted by Gasteiger charge is -2.16. The largest absolute Gasteiger partial charge is 0.434 e. The minimum absolute atomic E-state index is 0.169. The molecule has 2 N–H and O–H groups in total. The van der Waals surface area contributed by atoms with E-state index in [0.29, 0.717) is 24.0 Å². The van der Waals surface area contributed by atoms with Crippen LogP contribution >= 0.6 is 11.3 Å². The Labute approximate surface area is 144 Å². The number of ether oxygens (including phenoxy) is 1. The van der Waals surface area contributed by atoms with E-state index in [1.54, 1.807) is 36.6 Å². The van der Waals surface area contributed by atoms with E-state index in [-0.39, 0.29) is 5.75 Å². The molecule has 1 unspecified atom stereocenters. The zero-order valence-corrected chi connectivity index (χ0v) is 14.4. The first-order chi connectivity index (χ1) is 11.6. The molecule has 0 amide bonds. The number of benzene rings is 1. The lowest BCUT2D eigenvalue weighted by molar-refractivity contribution is -0.0504. The second-order valence-corrected chi connectivity index (χ2v) is 6.19. The highest BCUT2D eigenvalue weighted by Gasteiger charge is 2.10. The van der Waals surface area contributed by atoms with Crippen LogP contribution in [-0.4, -0.2) is 26.2 Å². The molecule has 2 rings (SSSR count). The fraction of sp³-hybridized carbons (Fsp3) is 0.353. The van der Waals surface area contributed by atoms with Gasteiger partial charge < -0.3 is 15.4 Å². The van der Waals surface area contributed by atoms with Crippen LogP contribution in [0.15, 0.2) is 46.8 Å². The summed E-state index contributed by atoms with van der Waals surface area (Å²) in [5.41, 5.74) is 0.645. The van der Waals surface area contributed by atoms with E-state index in [9.17, 15) is 8.78 Å². The van der Waals surface area contributed by atoms with Gasteiger partial charge in [0.2, 0.25) is 0 Å². The van der Waals surface area contributed by atoms with Crippen LogP contribution in [-0.2, 0) is 6.54 Å².